The molecule has 0 fully saturated rings. The van der Waals surface area contributed by atoms with Gasteiger partial charge in [-0.15, -0.1) is 4.37 Å². The molecule has 6 aromatic heterocycles. The average molecular weight is 1910 g/mol. The Morgan fingerprint density at radius 2 is 0.839 bits per heavy atom. The highest BCUT2D eigenvalue weighted by atomic mass is 79.9. The molecule has 6 N–H and O–H groups in total. The summed E-state index contributed by atoms with van der Waals surface area (Å²) in [4.78, 5) is 53.4. The number of nitriles is 1. The molecule has 42 heteroatoms. The fraction of sp³-hybridized carbons (Fsp3) is 0.0789. The highest BCUT2D eigenvalue weighted by Gasteiger charge is 2.21. The smallest absolute Gasteiger partial charge is 0.414 e. The van der Waals surface area contributed by atoms with Gasteiger partial charge in [0.25, 0.3) is 0 Å². The van der Waals surface area contributed by atoms with Gasteiger partial charge in [-0.05, 0) is 259 Å². The molecule has 0 aliphatic rings. The minimum Gasteiger partial charge on any atom is -0.483 e. The van der Waals surface area contributed by atoms with Crippen molar-refractivity contribution >= 4 is 184 Å². The lowest BCUT2D eigenvalue weighted by Gasteiger charge is -2.09. The maximum atomic E-state index is 14.3. The number of benzene rings is 9. The second-order valence-electron chi connectivity index (χ2n) is 22.4. The van der Waals surface area contributed by atoms with E-state index in [0.717, 1.165) is 125 Å². The number of hydrogen-bond donors (Lipinski definition) is 4. The first-order valence-electron chi connectivity index (χ1n) is 33.0. The van der Waals surface area contributed by atoms with Gasteiger partial charge < -0.3 is 40.4 Å². The molecule has 0 spiro atoms. The number of oxime groups is 1. The maximum absolute atomic E-state index is 14.3. The third kappa shape index (κ3) is 27.6. The number of aromatic nitrogens is 11. The van der Waals surface area contributed by atoms with Crippen molar-refractivity contribution in [1.29, 1.82) is 5.26 Å². The summed E-state index contributed by atoms with van der Waals surface area (Å²) in [6.07, 6.45) is 0. The number of amides is 1. The fourth-order valence-electron chi connectivity index (χ4n) is 8.80. The van der Waals surface area contributed by atoms with Gasteiger partial charge in [0.15, 0.2) is 68.1 Å². The molecule has 1 amide bonds. The van der Waals surface area contributed by atoms with Gasteiger partial charge in [0.05, 0.1) is 35.6 Å². The second kappa shape index (κ2) is 46.1. The molecule has 0 radical (unpaired) electrons. The Hall–Kier alpha value is -10.4. The number of ether oxygens (including phenoxy) is 3. The van der Waals surface area contributed by atoms with Crippen LogP contribution in [0.25, 0.3) is 68.4 Å². The van der Waals surface area contributed by atoms with Crippen LogP contribution in [0.4, 0.5) is 17.6 Å². The molecule has 6 heterocycles. The lowest BCUT2D eigenvalue weighted by atomic mass is 10.1. The molecular formula is C76H51BrCl7F4N15O9S6. The minimum absolute atomic E-state index is 0.0430. The molecule has 0 bridgehead atoms. The van der Waals surface area contributed by atoms with Crippen LogP contribution in [-0.4, -0.2) is 85.8 Å². The van der Waals surface area contributed by atoms with E-state index in [1.807, 2.05) is 36.4 Å². The Morgan fingerprint density at radius 3 is 1.19 bits per heavy atom. The third-order valence-corrected chi connectivity index (χ3v) is 21.0. The lowest BCUT2D eigenvalue weighted by molar-refractivity contribution is 0.0525. The first-order chi connectivity index (χ1) is 56.8. The number of amidine groups is 1. The van der Waals surface area contributed by atoms with Crippen molar-refractivity contribution in [2.24, 2.45) is 16.6 Å². The quantitative estimate of drug-likeness (QED) is 0.0118. The van der Waals surface area contributed by atoms with Crippen molar-refractivity contribution in [3.63, 3.8) is 0 Å². The van der Waals surface area contributed by atoms with Crippen LogP contribution < -0.4 is 25.9 Å². The van der Waals surface area contributed by atoms with E-state index in [0.29, 0.717) is 86.5 Å². The van der Waals surface area contributed by atoms with Crippen LogP contribution in [0, 0.1) is 34.6 Å². The average Bonchev–Trinajstić information content (AvgIpc) is 1.25. The minimum atomic E-state index is -1.07. The Kier molecular flexibility index (Phi) is 35.8. The van der Waals surface area contributed by atoms with E-state index in [4.69, 9.17) is 127 Å². The molecule has 604 valence electrons. The summed E-state index contributed by atoms with van der Waals surface area (Å²) in [6.45, 7) is 1.89. The summed E-state index contributed by atoms with van der Waals surface area (Å²) in [5.41, 5.74) is 14.5. The van der Waals surface area contributed by atoms with Gasteiger partial charge in [0.1, 0.15) is 46.5 Å². The summed E-state index contributed by atoms with van der Waals surface area (Å²) < 4.78 is 100. The van der Waals surface area contributed by atoms with Crippen LogP contribution >= 0.6 is 166 Å². The summed E-state index contributed by atoms with van der Waals surface area (Å²) in [5, 5.41) is 36.9. The first kappa shape index (κ1) is 91.5. The van der Waals surface area contributed by atoms with Crippen molar-refractivity contribution in [2.45, 2.75) is 32.1 Å². The van der Waals surface area contributed by atoms with Crippen LogP contribution in [0.15, 0.2) is 208 Å². The molecule has 0 saturated carbocycles. The number of nitrogens with two attached hydrogens (primary N) is 2. The van der Waals surface area contributed by atoms with Gasteiger partial charge in [0.2, 0.25) is 16.8 Å². The van der Waals surface area contributed by atoms with Crippen LogP contribution in [0.3, 0.4) is 0 Å². The fourth-order valence-corrected chi connectivity index (χ4v) is 13.3. The molecule has 118 heavy (non-hydrogen) atoms. The zero-order valence-electron chi connectivity index (χ0n) is 59.7. The number of esters is 1. The number of aliphatic hydroxyl groups is 1. The Morgan fingerprint density at radius 1 is 0.483 bits per heavy atom. The molecule has 0 aliphatic carbocycles. The van der Waals surface area contributed by atoms with Crippen molar-refractivity contribution in [3.05, 3.63) is 304 Å². The molecule has 9 aromatic carbocycles. The van der Waals surface area contributed by atoms with Crippen molar-refractivity contribution in [2.75, 3.05) is 6.61 Å². The zero-order valence-corrected chi connectivity index (χ0v) is 71.5. The monoisotopic (exact) mass is 1910 g/mol. The van der Waals surface area contributed by atoms with Gasteiger partial charge in [-0.2, -0.15) is 27.1 Å². The van der Waals surface area contributed by atoms with Gasteiger partial charge in [-0.1, -0.05) is 102 Å². The maximum Gasteiger partial charge on any atom is 0.414 e. The van der Waals surface area contributed by atoms with Crippen LogP contribution in [0.2, 0.25) is 35.2 Å². The standard InChI is InChI=1S/C16H11ClF2N4O2S.C16H8ClF2N3OS.C11H9ClN2O2S.C9H6BrClN2S.C9H7ClN2OS.C8H4ClNO2S.C7H6ClNO/c17-9-3-1-8(2-4-9)16-21-12(26-23-16)7-25-11-6-5-10(18)13(14(11)19)15(20)22-24;17-10-3-1-9(2-4-10)16-21-14(24-22-16)8-23-13-6-5-12(18)11(7-20)15(13)19;1-2-16-11(15)10-13-9(14-17-10)7-3-5-8(12)6-4-7;10-5-8-12-9(13-14-8)6-1-3-7(11)4-2-6;10-7-3-1-6(2-4-7)9-11-8(5-13)14-12-9;9-6-3-1-5(2-4-6)7-10-13-8(11)12-7;8-6-3-1-5(2-4-6)7(9)10/h1-6,24H,7H2,(H2,20,22);1-6H,8H2;3-6H,2H2,1H3;1-4H,5H2;1-4,13H,5H2;1-4H;1-4H,(H2,9,10). The Bertz CT molecular complexity index is 5860. The molecule has 0 unspecified atom stereocenters. The molecule has 0 atom stereocenters. The summed E-state index contributed by atoms with van der Waals surface area (Å²) >= 11 is 50.2. The number of rotatable bonds is 18. The van der Waals surface area contributed by atoms with Gasteiger partial charge >= 0.3 is 10.9 Å². The molecular weight excluding hydrogens is 1860 g/mol. The number of halogens is 12. The lowest BCUT2D eigenvalue weighted by Crippen LogP contribution is -2.18. The van der Waals surface area contributed by atoms with E-state index < -0.39 is 57.0 Å². The highest BCUT2D eigenvalue weighted by molar-refractivity contribution is 9.08. The zero-order chi connectivity index (χ0) is 84.8. The topological polar surface area (TPSA) is 362 Å². The molecule has 15 rings (SSSR count). The number of carbonyl (C=O) groups is 2. The third-order valence-electron chi connectivity index (χ3n) is 14.4. The van der Waals surface area contributed by atoms with Crippen molar-refractivity contribution in [1.82, 2.24) is 51.2 Å². The van der Waals surface area contributed by atoms with E-state index in [-0.39, 0.29) is 36.3 Å². The van der Waals surface area contributed by atoms with Crippen LogP contribution in [0.1, 0.15) is 58.2 Å². The highest BCUT2D eigenvalue weighted by Crippen LogP contribution is 2.31. The molecule has 24 nitrogen and oxygen atoms in total. The number of carbonyl (C=O) groups excluding carboxylic acids is 2. The van der Waals surface area contributed by atoms with Gasteiger partial charge in [-0.3, -0.25) is 4.79 Å². The summed E-state index contributed by atoms with van der Waals surface area (Å²) in [7, 11) is 0. The van der Waals surface area contributed by atoms with Gasteiger partial charge in [0, 0.05) is 74.1 Å². The number of hydrogen-bond acceptors (Lipinski definition) is 28. The Balaban J connectivity index is 0.000000160. The van der Waals surface area contributed by atoms with E-state index in [2.05, 4.69) is 72.2 Å². The second-order valence-corrected chi connectivity index (χ2v) is 30.8. The molecule has 0 saturated heterocycles. The van der Waals surface area contributed by atoms with Crippen molar-refractivity contribution < 1.29 is 56.1 Å². The predicted octanol–water partition coefficient (Wildman–Crippen LogP) is 21.4. The van der Waals surface area contributed by atoms with E-state index in [1.165, 1.54) is 29.1 Å². The van der Waals surface area contributed by atoms with Crippen LogP contribution in [-0.2, 0) is 29.9 Å². The summed E-state index contributed by atoms with van der Waals surface area (Å²) in [5.74, 6) is -2.77. The summed E-state index contributed by atoms with van der Waals surface area (Å²) in [6, 6.07) is 54.9. The normalized spacial score (nSPS) is 10.5. The number of primary amides is 1. The Labute approximate surface area is 735 Å². The van der Waals surface area contributed by atoms with E-state index in [1.54, 1.807) is 140 Å². The van der Waals surface area contributed by atoms with Crippen molar-refractivity contribution in [3.8, 4) is 86.0 Å². The predicted molar refractivity (Wildman–Crippen MR) is 456 cm³/mol. The largest absolute Gasteiger partial charge is 0.483 e. The number of nitrogens with zero attached hydrogens (tertiary/aromatic N) is 13. The van der Waals surface area contributed by atoms with E-state index >= 15 is 0 Å². The van der Waals surface area contributed by atoms with Crippen LogP contribution in [0.5, 0.6) is 11.5 Å². The molecule has 0 aliphatic heterocycles. The van der Waals surface area contributed by atoms with E-state index in [9.17, 15) is 31.9 Å². The SMILES string of the molecule is CCOC(=O)c1nc(-c2ccc(Cl)cc2)ns1.Clc1ccc(-c2nsc(CBr)n2)cc1.N#Cc1c(F)ccc(OCc2nc(-c3ccc(Cl)cc3)ns2)c1F.N/C(=N\O)c1c(F)ccc(OCc2nc(-c3ccc(Cl)cc3)ns2)c1F.NC(=O)c1ccc(Cl)cc1.O=c1oc(-c2ccc(Cl)cc2)ns1.OCc1nc(-c2ccc(Cl)cc2)ns1. The van der Waals surface area contributed by atoms with Gasteiger partial charge in [-0.25, -0.2) is 52.1 Å². The molecule has 15 aromatic rings. The number of alkyl halides is 1. The first-order valence-corrected chi connectivity index (χ1v) is 41.4. The number of aliphatic hydroxyl groups excluding tert-OH is 1.